The van der Waals surface area contributed by atoms with Crippen LogP contribution in [0.25, 0.3) is 0 Å². The van der Waals surface area contributed by atoms with Crippen LogP contribution >= 0.6 is 31.9 Å². The fourth-order valence-electron chi connectivity index (χ4n) is 5.39. The summed E-state index contributed by atoms with van der Waals surface area (Å²) < 4.78 is 2.34. The molecule has 0 aliphatic heterocycles. The van der Waals surface area contributed by atoms with E-state index in [1.54, 1.807) is 22.3 Å². The number of benzene rings is 1. The normalized spacial score (nSPS) is 25.6. The van der Waals surface area contributed by atoms with E-state index in [9.17, 15) is 0 Å². The topological polar surface area (TPSA) is 0 Å². The summed E-state index contributed by atoms with van der Waals surface area (Å²) in [6, 6.07) is 9.06. The third kappa shape index (κ3) is 2.68. The second kappa shape index (κ2) is 6.90. The van der Waals surface area contributed by atoms with Crippen molar-refractivity contribution in [2.75, 3.05) is 0 Å². The molecular weight excluding hydrogens is 460 g/mol. The molecule has 1 aromatic rings. The van der Waals surface area contributed by atoms with Crippen LogP contribution in [0.3, 0.4) is 0 Å². The van der Waals surface area contributed by atoms with Gasteiger partial charge in [0, 0.05) is 8.96 Å². The van der Waals surface area contributed by atoms with Gasteiger partial charge >= 0.3 is 0 Å². The Balaban J connectivity index is 1.80. The molecule has 4 aliphatic carbocycles. The molecule has 0 heterocycles. The van der Waals surface area contributed by atoms with Crippen molar-refractivity contribution < 1.29 is 0 Å². The predicted octanol–water partition coefficient (Wildman–Crippen LogP) is 7.85. The molecular formula is C25H22Br2. The molecule has 5 rings (SSSR count). The van der Waals surface area contributed by atoms with Crippen molar-refractivity contribution in [3.63, 3.8) is 0 Å². The standard InChI is InChI=1S/C25H22Br2/c26-19-13-9-17(10-14-19)25(18-11-15-20(27)16-12-18)23-7-3-1-5-21(23)22-6-2-4-8-24(22)25/h3-4,7-11,13-16,18H,1-2,5-6,12H2/t18-/m0/s1. The minimum atomic E-state index is -0.0695. The van der Waals surface area contributed by atoms with Crippen molar-refractivity contribution in [2.24, 2.45) is 5.92 Å². The van der Waals surface area contributed by atoms with Gasteiger partial charge in [0.1, 0.15) is 0 Å². The monoisotopic (exact) mass is 480 g/mol. The number of fused-ring (bicyclic) bond motifs is 1. The molecule has 4 aliphatic rings. The summed E-state index contributed by atoms with van der Waals surface area (Å²) in [5.41, 5.74) is 7.70. The highest BCUT2D eigenvalue weighted by Crippen LogP contribution is 2.59. The fraction of sp³-hybridized carbons (Fsp3) is 0.280. The molecule has 0 saturated carbocycles. The van der Waals surface area contributed by atoms with Gasteiger partial charge in [0.05, 0.1) is 5.41 Å². The number of rotatable bonds is 2. The van der Waals surface area contributed by atoms with E-state index in [4.69, 9.17) is 0 Å². The zero-order valence-corrected chi connectivity index (χ0v) is 18.4. The smallest absolute Gasteiger partial charge is 0.0522 e. The molecule has 0 nitrogen and oxygen atoms in total. The van der Waals surface area contributed by atoms with Crippen LogP contribution in [0.2, 0.25) is 0 Å². The number of halogens is 2. The molecule has 0 spiro atoms. The molecule has 0 N–H and O–H groups in total. The molecule has 27 heavy (non-hydrogen) atoms. The van der Waals surface area contributed by atoms with Crippen LogP contribution in [0.4, 0.5) is 0 Å². The molecule has 0 aromatic heterocycles. The lowest BCUT2D eigenvalue weighted by molar-refractivity contribution is 0.447. The van der Waals surface area contributed by atoms with Crippen molar-refractivity contribution >= 4 is 31.9 Å². The Kier molecular flexibility index (Phi) is 4.52. The van der Waals surface area contributed by atoms with Crippen LogP contribution in [0.15, 0.2) is 98.0 Å². The summed E-state index contributed by atoms with van der Waals surface area (Å²) in [7, 11) is 0. The van der Waals surface area contributed by atoms with Gasteiger partial charge in [-0.25, -0.2) is 0 Å². The second-order valence-corrected chi connectivity index (χ2v) is 9.60. The summed E-state index contributed by atoms with van der Waals surface area (Å²) in [5, 5.41) is 0. The van der Waals surface area contributed by atoms with Gasteiger partial charge in [-0.1, -0.05) is 86.5 Å². The van der Waals surface area contributed by atoms with Crippen molar-refractivity contribution in [3.05, 3.63) is 104 Å². The van der Waals surface area contributed by atoms with Gasteiger partial charge in [0.15, 0.2) is 0 Å². The quantitative estimate of drug-likeness (QED) is 0.403. The molecule has 136 valence electrons. The molecule has 0 amide bonds. The second-order valence-electron chi connectivity index (χ2n) is 7.77. The van der Waals surface area contributed by atoms with E-state index in [0.717, 1.165) is 10.9 Å². The van der Waals surface area contributed by atoms with E-state index in [-0.39, 0.29) is 5.41 Å². The molecule has 0 saturated heterocycles. The Morgan fingerprint density at radius 1 is 0.815 bits per heavy atom. The highest BCUT2D eigenvalue weighted by atomic mass is 79.9. The largest absolute Gasteiger partial charge is 0.0839 e. The van der Waals surface area contributed by atoms with Crippen LogP contribution in [0, 0.1) is 5.92 Å². The minimum absolute atomic E-state index is 0.0695. The zero-order chi connectivity index (χ0) is 18.4. The lowest BCUT2D eigenvalue weighted by Crippen LogP contribution is -2.37. The van der Waals surface area contributed by atoms with Gasteiger partial charge in [-0.05, 0) is 78.0 Å². The van der Waals surface area contributed by atoms with Crippen molar-refractivity contribution in [1.82, 2.24) is 0 Å². The van der Waals surface area contributed by atoms with Gasteiger partial charge < -0.3 is 0 Å². The third-order valence-corrected chi connectivity index (χ3v) is 7.58. The van der Waals surface area contributed by atoms with E-state index in [2.05, 4.69) is 98.7 Å². The maximum atomic E-state index is 3.66. The van der Waals surface area contributed by atoms with Gasteiger partial charge in [-0.15, -0.1) is 0 Å². The van der Waals surface area contributed by atoms with Gasteiger partial charge in [-0.2, -0.15) is 0 Å². The highest BCUT2D eigenvalue weighted by Gasteiger charge is 2.50. The Hall–Kier alpha value is -1.38. The number of hydrogen-bond acceptors (Lipinski definition) is 0. The lowest BCUT2D eigenvalue weighted by atomic mass is 9.60. The van der Waals surface area contributed by atoms with Crippen LogP contribution < -0.4 is 0 Å². The summed E-state index contributed by atoms with van der Waals surface area (Å²) in [5.74, 6) is 0.433. The molecule has 0 radical (unpaired) electrons. The van der Waals surface area contributed by atoms with Crippen molar-refractivity contribution in [1.29, 1.82) is 0 Å². The van der Waals surface area contributed by atoms with Crippen LogP contribution in [0.1, 0.15) is 37.7 Å². The number of allylic oxidation sites excluding steroid dienone is 12. The van der Waals surface area contributed by atoms with E-state index in [1.165, 1.54) is 35.7 Å². The highest BCUT2D eigenvalue weighted by molar-refractivity contribution is 9.12. The van der Waals surface area contributed by atoms with E-state index < -0.39 is 0 Å². The maximum absolute atomic E-state index is 3.66. The first-order valence-corrected chi connectivity index (χ1v) is 11.4. The average Bonchev–Trinajstić information content (AvgIpc) is 3.01. The maximum Gasteiger partial charge on any atom is 0.0522 e. The Morgan fingerprint density at radius 2 is 1.44 bits per heavy atom. The Bertz CT molecular complexity index is 926. The molecule has 2 heteroatoms. The Morgan fingerprint density at radius 3 is 2.00 bits per heavy atom. The SMILES string of the molecule is BrC1=CC[C@@H](C2(c3ccc(Br)cc3)C3=C(CCC=C3)C3=C2C=CCC3)C=C1. The first-order chi connectivity index (χ1) is 13.2. The molecule has 0 unspecified atom stereocenters. The van der Waals surface area contributed by atoms with E-state index in [0.29, 0.717) is 5.92 Å². The van der Waals surface area contributed by atoms with E-state index in [1.807, 2.05) is 0 Å². The van der Waals surface area contributed by atoms with Gasteiger partial charge in [-0.3, -0.25) is 0 Å². The third-order valence-electron chi connectivity index (χ3n) is 6.47. The number of hydrogen-bond donors (Lipinski definition) is 0. The average molecular weight is 482 g/mol. The van der Waals surface area contributed by atoms with Crippen LogP contribution in [-0.2, 0) is 5.41 Å². The summed E-state index contributed by atoms with van der Waals surface area (Å²) in [6.07, 6.45) is 22.4. The van der Waals surface area contributed by atoms with Crippen molar-refractivity contribution in [2.45, 2.75) is 37.5 Å². The minimum Gasteiger partial charge on any atom is -0.0839 e. The van der Waals surface area contributed by atoms with Crippen LogP contribution in [-0.4, -0.2) is 0 Å². The molecule has 0 bridgehead atoms. The van der Waals surface area contributed by atoms with E-state index >= 15 is 0 Å². The zero-order valence-electron chi connectivity index (χ0n) is 15.2. The molecule has 0 fully saturated rings. The first-order valence-electron chi connectivity index (χ1n) is 9.82. The van der Waals surface area contributed by atoms with Gasteiger partial charge in [0.2, 0.25) is 0 Å². The Labute approximate surface area is 178 Å². The fourth-order valence-corrected chi connectivity index (χ4v) is 6.00. The summed E-state index contributed by atoms with van der Waals surface area (Å²) >= 11 is 7.29. The first kappa shape index (κ1) is 17.7. The summed E-state index contributed by atoms with van der Waals surface area (Å²) in [4.78, 5) is 0. The predicted molar refractivity (Wildman–Crippen MR) is 121 cm³/mol. The van der Waals surface area contributed by atoms with Gasteiger partial charge in [0.25, 0.3) is 0 Å². The molecule has 1 aromatic carbocycles. The van der Waals surface area contributed by atoms with Crippen molar-refractivity contribution in [3.8, 4) is 0 Å². The lowest BCUT2D eigenvalue weighted by Gasteiger charge is -2.42. The molecule has 1 atom stereocenters. The van der Waals surface area contributed by atoms with Crippen LogP contribution in [0.5, 0.6) is 0 Å². The summed E-state index contributed by atoms with van der Waals surface area (Å²) in [6.45, 7) is 0.